The molecule has 1 aliphatic carbocycles. The molecule has 1 atom stereocenters. The van der Waals surface area contributed by atoms with Crippen LogP contribution in [-0.2, 0) is 17.8 Å². The van der Waals surface area contributed by atoms with Gasteiger partial charge >= 0.3 is 0 Å². The molecule has 0 radical (unpaired) electrons. The Hall–Kier alpha value is -2.28. The van der Waals surface area contributed by atoms with Crippen molar-refractivity contribution in [1.29, 1.82) is 0 Å². The van der Waals surface area contributed by atoms with Gasteiger partial charge in [-0.2, -0.15) is 0 Å². The first kappa shape index (κ1) is 16.2. The Morgan fingerprint density at radius 2 is 2.00 bits per heavy atom. The Morgan fingerprint density at radius 3 is 2.76 bits per heavy atom. The third kappa shape index (κ3) is 3.87. The van der Waals surface area contributed by atoms with E-state index in [1.807, 2.05) is 18.0 Å². The molecule has 0 unspecified atom stereocenters. The summed E-state index contributed by atoms with van der Waals surface area (Å²) in [6, 6.07) is 0. The maximum atomic E-state index is 12.9. The number of nitrogens with zero attached hydrogens (tertiary/aromatic N) is 5. The minimum absolute atomic E-state index is 0.101. The number of hydrogen-bond donors (Lipinski definition) is 0. The Labute approximate surface area is 147 Å². The number of ether oxygens (including phenoxy) is 1. The zero-order valence-corrected chi connectivity index (χ0v) is 14.5. The molecule has 2 aromatic rings. The van der Waals surface area contributed by atoms with Gasteiger partial charge in [0.25, 0.3) is 5.91 Å². The van der Waals surface area contributed by atoms with E-state index < -0.39 is 0 Å². The van der Waals surface area contributed by atoms with E-state index in [0.29, 0.717) is 25.4 Å². The number of aryl methyl sites for hydroxylation is 1. The number of aromatic nitrogens is 4. The maximum absolute atomic E-state index is 12.9. The second kappa shape index (κ2) is 6.92. The summed E-state index contributed by atoms with van der Waals surface area (Å²) in [7, 11) is 0. The summed E-state index contributed by atoms with van der Waals surface area (Å²) in [5.74, 6) is 1.79. The molecule has 0 spiro atoms. The molecule has 7 nitrogen and oxygen atoms in total. The topological polar surface area (TPSA) is 73.1 Å². The summed E-state index contributed by atoms with van der Waals surface area (Å²) in [6.07, 6.45) is 9.51. The minimum Gasteiger partial charge on any atom is -0.381 e. The molecule has 1 saturated carbocycles. The fourth-order valence-electron chi connectivity index (χ4n) is 3.15. The SMILES string of the molecule is Cc1cnc(C(=O)N2Cc3nccn3C[C@@H](COCC3CC3)C2)cn1. The molecule has 0 saturated heterocycles. The van der Waals surface area contributed by atoms with Crippen molar-refractivity contribution in [1.82, 2.24) is 24.4 Å². The summed E-state index contributed by atoms with van der Waals surface area (Å²) in [6.45, 7) is 5.31. The smallest absolute Gasteiger partial charge is 0.274 e. The number of carbonyl (C=O) groups excluding carboxylic acids is 1. The number of carbonyl (C=O) groups is 1. The molecular formula is C18H23N5O2. The van der Waals surface area contributed by atoms with Crippen LogP contribution < -0.4 is 0 Å². The largest absolute Gasteiger partial charge is 0.381 e. The zero-order valence-electron chi connectivity index (χ0n) is 14.5. The van der Waals surface area contributed by atoms with Crippen LogP contribution in [0.25, 0.3) is 0 Å². The van der Waals surface area contributed by atoms with E-state index in [1.165, 1.54) is 12.8 Å². The Balaban J connectivity index is 1.49. The summed E-state index contributed by atoms with van der Waals surface area (Å²) in [4.78, 5) is 27.5. The summed E-state index contributed by atoms with van der Waals surface area (Å²) >= 11 is 0. The van der Waals surface area contributed by atoms with Crippen LogP contribution in [-0.4, -0.2) is 50.1 Å². The zero-order chi connectivity index (χ0) is 17.2. The van der Waals surface area contributed by atoms with Crippen LogP contribution in [0, 0.1) is 18.8 Å². The van der Waals surface area contributed by atoms with Gasteiger partial charge in [-0.05, 0) is 25.7 Å². The third-order valence-electron chi connectivity index (χ3n) is 4.76. The fourth-order valence-corrected chi connectivity index (χ4v) is 3.15. The van der Waals surface area contributed by atoms with Crippen LogP contribution in [0.3, 0.4) is 0 Å². The molecule has 0 aromatic carbocycles. The Morgan fingerprint density at radius 1 is 1.16 bits per heavy atom. The van der Waals surface area contributed by atoms with Crippen molar-refractivity contribution in [2.45, 2.75) is 32.9 Å². The lowest BCUT2D eigenvalue weighted by atomic mass is 10.1. The average molecular weight is 341 g/mol. The summed E-state index contributed by atoms with van der Waals surface area (Å²) in [5.41, 5.74) is 1.18. The number of amides is 1. The van der Waals surface area contributed by atoms with Crippen LogP contribution in [0.1, 0.15) is 34.8 Å². The normalized spacial score (nSPS) is 20.2. The highest BCUT2D eigenvalue weighted by Crippen LogP contribution is 2.29. The second-order valence-corrected chi connectivity index (χ2v) is 7.07. The molecule has 1 aliphatic heterocycles. The van der Waals surface area contributed by atoms with Gasteiger partial charge < -0.3 is 14.2 Å². The lowest BCUT2D eigenvalue weighted by Crippen LogP contribution is -2.36. The van der Waals surface area contributed by atoms with Gasteiger partial charge in [0.15, 0.2) is 0 Å². The highest BCUT2D eigenvalue weighted by Gasteiger charge is 2.28. The van der Waals surface area contributed by atoms with Crippen LogP contribution >= 0.6 is 0 Å². The van der Waals surface area contributed by atoms with Crippen molar-refractivity contribution >= 4 is 5.91 Å². The molecule has 0 N–H and O–H groups in total. The van der Waals surface area contributed by atoms with Crippen LogP contribution in [0.5, 0.6) is 0 Å². The van der Waals surface area contributed by atoms with Gasteiger partial charge in [0.1, 0.15) is 11.5 Å². The van der Waals surface area contributed by atoms with E-state index >= 15 is 0 Å². The molecule has 132 valence electrons. The standard InChI is InChI=1S/C18H23N5O2/c1-13-6-21-16(7-20-13)18(24)23-9-15(12-25-11-14-2-3-14)8-22-5-4-19-17(22)10-23/h4-7,14-15H,2-3,8-12H2,1H3/t15-/m1/s1. The highest BCUT2D eigenvalue weighted by atomic mass is 16.5. The Bertz CT molecular complexity index is 738. The summed E-state index contributed by atoms with van der Waals surface area (Å²) < 4.78 is 8.02. The molecule has 25 heavy (non-hydrogen) atoms. The highest BCUT2D eigenvalue weighted by molar-refractivity contribution is 5.91. The van der Waals surface area contributed by atoms with Crippen molar-refractivity contribution < 1.29 is 9.53 Å². The lowest BCUT2D eigenvalue weighted by Gasteiger charge is -2.23. The van der Waals surface area contributed by atoms with Crippen LogP contribution in [0.15, 0.2) is 24.8 Å². The fraction of sp³-hybridized carbons (Fsp3) is 0.556. The van der Waals surface area contributed by atoms with Crippen molar-refractivity contribution in [2.75, 3.05) is 19.8 Å². The quantitative estimate of drug-likeness (QED) is 0.827. The van der Waals surface area contributed by atoms with Gasteiger partial charge in [-0.25, -0.2) is 9.97 Å². The number of imidazole rings is 1. The molecule has 0 bridgehead atoms. The van der Waals surface area contributed by atoms with Crippen molar-refractivity contribution in [3.8, 4) is 0 Å². The first-order valence-electron chi connectivity index (χ1n) is 8.84. The van der Waals surface area contributed by atoms with E-state index in [2.05, 4.69) is 19.5 Å². The van der Waals surface area contributed by atoms with Crippen molar-refractivity contribution in [2.24, 2.45) is 11.8 Å². The van der Waals surface area contributed by atoms with Crippen molar-refractivity contribution in [3.05, 3.63) is 42.0 Å². The van der Waals surface area contributed by atoms with Gasteiger partial charge in [-0.15, -0.1) is 0 Å². The lowest BCUT2D eigenvalue weighted by molar-refractivity contribution is 0.0567. The number of rotatable bonds is 5. The van der Waals surface area contributed by atoms with E-state index in [4.69, 9.17) is 4.74 Å². The van der Waals surface area contributed by atoms with Gasteiger partial charge in [0.05, 0.1) is 25.0 Å². The third-order valence-corrected chi connectivity index (χ3v) is 4.76. The monoisotopic (exact) mass is 341 g/mol. The van der Waals surface area contributed by atoms with E-state index in [0.717, 1.165) is 30.6 Å². The van der Waals surface area contributed by atoms with E-state index in [9.17, 15) is 4.79 Å². The molecule has 1 fully saturated rings. The van der Waals surface area contributed by atoms with Gasteiger partial charge in [0, 0.05) is 44.2 Å². The summed E-state index contributed by atoms with van der Waals surface area (Å²) in [5, 5.41) is 0. The predicted molar refractivity (Wildman–Crippen MR) is 90.8 cm³/mol. The molecule has 2 aromatic heterocycles. The number of hydrogen-bond acceptors (Lipinski definition) is 5. The van der Waals surface area contributed by atoms with Crippen molar-refractivity contribution in [3.63, 3.8) is 0 Å². The molecule has 4 rings (SSSR count). The Kier molecular flexibility index (Phi) is 4.48. The molecular weight excluding hydrogens is 318 g/mol. The minimum atomic E-state index is -0.101. The predicted octanol–water partition coefficient (Wildman–Crippen LogP) is 1.68. The molecule has 7 heteroatoms. The molecule has 1 amide bonds. The maximum Gasteiger partial charge on any atom is 0.274 e. The second-order valence-electron chi connectivity index (χ2n) is 7.07. The number of fused-ring (bicyclic) bond motifs is 1. The van der Waals surface area contributed by atoms with E-state index in [-0.39, 0.29) is 11.8 Å². The van der Waals surface area contributed by atoms with Gasteiger partial charge in [0.2, 0.25) is 0 Å². The van der Waals surface area contributed by atoms with Crippen LogP contribution in [0.4, 0.5) is 0 Å². The molecule has 2 aliphatic rings. The average Bonchev–Trinajstić information content (AvgIpc) is 3.37. The first-order chi connectivity index (χ1) is 12.2. The van der Waals surface area contributed by atoms with Crippen LogP contribution in [0.2, 0.25) is 0 Å². The molecule has 3 heterocycles. The van der Waals surface area contributed by atoms with Gasteiger partial charge in [-0.1, -0.05) is 0 Å². The van der Waals surface area contributed by atoms with E-state index in [1.54, 1.807) is 18.6 Å². The van der Waals surface area contributed by atoms with Gasteiger partial charge in [-0.3, -0.25) is 9.78 Å². The first-order valence-corrected chi connectivity index (χ1v) is 8.84.